The van der Waals surface area contributed by atoms with Gasteiger partial charge >= 0.3 is 0 Å². The molecule has 2 rings (SSSR count). The molecule has 1 heterocycles. The molecule has 7 nitrogen and oxygen atoms in total. The molecule has 0 atom stereocenters. The van der Waals surface area contributed by atoms with Crippen LogP contribution in [0.2, 0.25) is 0 Å². The maximum Gasteiger partial charge on any atom is 0.269 e. The van der Waals surface area contributed by atoms with Crippen molar-refractivity contribution < 1.29 is 19.3 Å². The fraction of sp³-hybridized carbons (Fsp3) is 0.167. The molecule has 0 N–H and O–H groups in total. The van der Waals surface area contributed by atoms with E-state index >= 15 is 0 Å². The van der Waals surface area contributed by atoms with Crippen molar-refractivity contribution in [2.75, 3.05) is 0 Å². The number of nitro groups is 1. The first-order valence-electron chi connectivity index (χ1n) is 5.49. The van der Waals surface area contributed by atoms with E-state index in [1.165, 1.54) is 24.3 Å². The van der Waals surface area contributed by atoms with E-state index in [2.05, 4.69) is 5.16 Å². The number of hydrogen-bond acceptors (Lipinski definition) is 6. The van der Waals surface area contributed by atoms with Gasteiger partial charge in [-0.25, -0.2) is 0 Å². The Labute approximate surface area is 107 Å². The van der Waals surface area contributed by atoms with Crippen LogP contribution in [0.15, 0.2) is 28.8 Å². The van der Waals surface area contributed by atoms with Crippen LogP contribution in [0.5, 0.6) is 0 Å². The molecular weight excluding hydrogens is 252 g/mol. The van der Waals surface area contributed by atoms with Gasteiger partial charge in [0.05, 0.1) is 22.1 Å². The van der Waals surface area contributed by atoms with Crippen LogP contribution < -0.4 is 5.11 Å². The Balaban J connectivity index is 2.50. The molecule has 0 radical (unpaired) electrons. The number of rotatable bonds is 4. The summed E-state index contributed by atoms with van der Waals surface area (Å²) < 4.78 is 4.99. The van der Waals surface area contributed by atoms with Crippen molar-refractivity contribution in [2.45, 2.75) is 13.3 Å². The van der Waals surface area contributed by atoms with Crippen LogP contribution in [-0.4, -0.2) is 16.0 Å². The molecule has 0 aliphatic rings. The van der Waals surface area contributed by atoms with Crippen molar-refractivity contribution in [3.8, 4) is 11.3 Å². The first-order chi connectivity index (χ1) is 9.04. The van der Waals surface area contributed by atoms with Crippen LogP contribution in [0, 0.1) is 10.1 Å². The van der Waals surface area contributed by atoms with Crippen molar-refractivity contribution in [3.63, 3.8) is 0 Å². The van der Waals surface area contributed by atoms with Gasteiger partial charge < -0.3 is 14.4 Å². The van der Waals surface area contributed by atoms with Crippen LogP contribution >= 0.6 is 0 Å². The number of carbonyl (C=O) groups is 1. The number of nitro benzene ring substituents is 1. The summed E-state index contributed by atoms with van der Waals surface area (Å²) in [5.41, 5.74) is 0.482. The number of carboxylic acids is 1. The minimum Gasteiger partial charge on any atom is -0.545 e. The van der Waals surface area contributed by atoms with Crippen LogP contribution in [-0.2, 0) is 6.42 Å². The highest BCUT2D eigenvalue weighted by molar-refractivity contribution is 5.94. The van der Waals surface area contributed by atoms with Gasteiger partial charge in [0.25, 0.3) is 5.69 Å². The van der Waals surface area contributed by atoms with Gasteiger partial charge in [0, 0.05) is 17.7 Å². The highest BCUT2D eigenvalue weighted by Gasteiger charge is 2.18. The number of carboxylic acid groups (broad SMARTS) is 1. The van der Waals surface area contributed by atoms with Crippen molar-refractivity contribution in [1.82, 2.24) is 5.16 Å². The van der Waals surface area contributed by atoms with E-state index in [0.29, 0.717) is 12.0 Å². The van der Waals surface area contributed by atoms with Crippen LogP contribution in [0.4, 0.5) is 5.69 Å². The molecule has 0 unspecified atom stereocenters. The number of benzene rings is 1. The predicted molar refractivity (Wildman–Crippen MR) is 62.3 cm³/mol. The second kappa shape index (κ2) is 4.89. The normalized spacial score (nSPS) is 10.4. The Morgan fingerprint density at radius 1 is 1.37 bits per heavy atom. The highest BCUT2D eigenvalue weighted by atomic mass is 16.6. The average Bonchev–Trinajstić information content (AvgIpc) is 2.82. The zero-order valence-electron chi connectivity index (χ0n) is 9.95. The number of nitrogens with zero attached hydrogens (tertiary/aromatic N) is 2. The van der Waals surface area contributed by atoms with E-state index in [1.54, 1.807) is 6.92 Å². The highest BCUT2D eigenvalue weighted by Crippen LogP contribution is 2.27. The fourth-order valence-electron chi connectivity index (χ4n) is 1.71. The van der Waals surface area contributed by atoms with Gasteiger partial charge in [0.15, 0.2) is 5.76 Å². The molecule has 7 heteroatoms. The summed E-state index contributed by atoms with van der Waals surface area (Å²) in [6, 6.07) is 5.35. The van der Waals surface area contributed by atoms with Gasteiger partial charge in [-0.3, -0.25) is 10.1 Å². The molecule has 1 aromatic carbocycles. The first-order valence-corrected chi connectivity index (χ1v) is 5.49. The number of aromatic carboxylic acids is 1. The number of hydrogen-bond donors (Lipinski definition) is 0. The molecule has 0 bridgehead atoms. The monoisotopic (exact) mass is 261 g/mol. The standard InChI is InChI=1S/C12H10N2O5/c1-2-9-10(12(15)16)11(19-13-9)7-3-5-8(6-4-7)14(17)18/h3-6H,2H2,1H3,(H,15,16)/p-1. The van der Waals surface area contributed by atoms with Gasteiger partial charge in [0.2, 0.25) is 0 Å². The van der Waals surface area contributed by atoms with Gasteiger partial charge in [-0.05, 0) is 18.6 Å². The van der Waals surface area contributed by atoms with Gasteiger partial charge in [0.1, 0.15) is 0 Å². The Morgan fingerprint density at radius 2 is 2.00 bits per heavy atom. The summed E-state index contributed by atoms with van der Waals surface area (Å²) in [7, 11) is 0. The van der Waals surface area contributed by atoms with Gasteiger partial charge in [-0.15, -0.1) is 0 Å². The molecule has 0 saturated heterocycles. The smallest absolute Gasteiger partial charge is 0.269 e. The van der Waals surface area contributed by atoms with Crippen LogP contribution in [0.25, 0.3) is 11.3 Å². The lowest BCUT2D eigenvalue weighted by molar-refractivity contribution is -0.384. The number of aryl methyl sites for hydroxylation is 1. The van der Waals surface area contributed by atoms with E-state index < -0.39 is 10.9 Å². The van der Waals surface area contributed by atoms with E-state index in [0.717, 1.165) is 0 Å². The summed E-state index contributed by atoms with van der Waals surface area (Å²) >= 11 is 0. The summed E-state index contributed by atoms with van der Waals surface area (Å²) in [4.78, 5) is 21.1. The average molecular weight is 261 g/mol. The van der Waals surface area contributed by atoms with Crippen molar-refractivity contribution >= 4 is 11.7 Å². The molecule has 0 aliphatic heterocycles. The molecule has 19 heavy (non-hydrogen) atoms. The molecule has 0 amide bonds. The Morgan fingerprint density at radius 3 is 2.47 bits per heavy atom. The minimum absolute atomic E-state index is 0.0479. The topological polar surface area (TPSA) is 109 Å². The quantitative estimate of drug-likeness (QED) is 0.603. The SMILES string of the molecule is CCc1noc(-c2ccc([N+](=O)[O-])cc2)c1C(=O)[O-]. The third-order valence-electron chi connectivity index (χ3n) is 2.64. The molecule has 0 saturated carbocycles. The lowest BCUT2D eigenvalue weighted by Gasteiger charge is -2.03. The summed E-state index contributed by atoms with van der Waals surface area (Å²) in [5, 5.41) is 25.3. The zero-order chi connectivity index (χ0) is 14.0. The molecule has 0 spiro atoms. The molecule has 0 fully saturated rings. The van der Waals surface area contributed by atoms with Crippen molar-refractivity contribution in [1.29, 1.82) is 0 Å². The summed E-state index contributed by atoms with van der Waals surface area (Å²) in [6.45, 7) is 1.74. The Kier molecular flexibility index (Phi) is 3.28. The lowest BCUT2D eigenvalue weighted by Crippen LogP contribution is -2.23. The van der Waals surface area contributed by atoms with E-state index in [4.69, 9.17) is 4.52 Å². The molecule has 1 aromatic heterocycles. The predicted octanol–water partition coefficient (Wildman–Crippen LogP) is 1.18. The third-order valence-corrected chi connectivity index (χ3v) is 2.64. The maximum absolute atomic E-state index is 11.1. The van der Waals surface area contributed by atoms with Crippen LogP contribution in [0.1, 0.15) is 23.0 Å². The largest absolute Gasteiger partial charge is 0.545 e. The van der Waals surface area contributed by atoms with Gasteiger partial charge in [-0.2, -0.15) is 0 Å². The number of aromatic nitrogens is 1. The first kappa shape index (κ1) is 12.7. The number of non-ortho nitro benzene ring substituents is 1. The molecular formula is C12H9N2O5-. The van der Waals surface area contributed by atoms with Crippen molar-refractivity contribution in [2.24, 2.45) is 0 Å². The Bertz CT molecular complexity index is 630. The molecule has 2 aromatic rings. The zero-order valence-corrected chi connectivity index (χ0v) is 9.95. The van der Waals surface area contributed by atoms with E-state index in [1.807, 2.05) is 0 Å². The lowest BCUT2D eigenvalue weighted by atomic mass is 10.1. The minimum atomic E-state index is -1.38. The maximum atomic E-state index is 11.1. The number of carbonyl (C=O) groups excluding carboxylic acids is 1. The Hall–Kier alpha value is -2.70. The van der Waals surface area contributed by atoms with Crippen molar-refractivity contribution in [3.05, 3.63) is 45.6 Å². The molecule has 98 valence electrons. The van der Waals surface area contributed by atoms with E-state index in [-0.39, 0.29) is 22.7 Å². The summed E-state index contributed by atoms with van der Waals surface area (Å²) in [5.74, 6) is -1.33. The van der Waals surface area contributed by atoms with E-state index in [9.17, 15) is 20.0 Å². The second-order valence-electron chi connectivity index (χ2n) is 3.78. The second-order valence-corrected chi connectivity index (χ2v) is 3.78. The molecule has 0 aliphatic carbocycles. The van der Waals surface area contributed by atoms with Crippen LogP contribution in [0.3, 0.4) is 0 Å². The fourth-order valence-corrected chi connectivity index (χ4v) is 1.71. The summed E-state index contributed by atoms with van der Waals surface area (Å²) in [6.07, 6.45) is 0.389. The van der Waals surface area contributed by atoms with Gasteiger partial charge in [-0.1, -0.05) is 12.1 Å². The third kappa shape index (κ3) is 2.30.